The topological polar surface area (TPSA) is 81.9 Å². The Labute approximate surface area is 170 Å². The van der Waals surface area contributed by atoms with Crippen molar-refractivity contribution in [3.63, 3.8) is 0 Å². The fraction of sp³-hybridized carbons (Fsp3) is 0.0952. The minimum atomic E-state index is -0.550. The number of benzene rings is 2. The van der Waals surface area contributed by atoms with E-state index in [0.717, 1.165) is 5.75 Å². The molecule has 0 aliphatic heterocycles. The van der Waals surface area contributed by atoms with Gasteiger partial charge < -0.3 is 14.8 Å². The quantitative estimate of drug-likeness (QED) is 0.518. The van der Waals surface area contributed by atoms with E-state index in [0.29, 0.717) is 28.8 Å². The second kappa shape index (κ2) is 8.15. The minimum Gasteiger partial charge on any atom is -0.494 e. The van der Waals surface area contributed by atoms with Crippen LogP contribution in [0.5, 0.6) is 17.2 Å². The molecule has 2 aromatic heterocycles. The molecule has 0 aliphatic rings. The Morgan fingerprint density at radius 1 is 1.14 bits per heavy atom. The number of carbonyl (C=O) groups is 1. The lowest BCUT2D eigenvalue weighted by molar-refractivity contribution is 0.102. The zero-order valence-corrected chi connectivity index (χ0v) is 16.3. The summed E-state index contributed by atoms with van der Waals surface area (Å²) in [6, 6.07) is 14.2. The molecule has 0 saturated carbocycles. The second-order valence-electron chi connectivity index (χ2n) is 5.99. The summed E-state index contributed by atoms with van der Waals surface area (Å²) < 4.78 is 12.7. The third kappa shape index (κ3) is 3.97. The highest BCUT2D eigenvalue weighted by atomic mass is 32.1. The number of amides is 1. The van der Waals surface area contributed by atoms with Crippen molar-refractivity contribution in [3.05, 3.63) is 82.2 Å². The van der Waals surface area contributed by atoms with Crippen molar-refractivity contribution in [2.75, 3.05) is 11.9 Å². The van der Waals surface area contributed by atoms with Gasteiger partial charge in [-0.05, 0) is 43.3 Å². The fourth-order valence-corrected chi connectivity index (χ4v) is 3.40. The van der Waals surface area contributed by atoms with Crippen LogP contribution in [0.2, 0.25) is 0 Å². The number of nitrogens with zero attached hydrogens (tertiary/aromatic N) is 2. The number of rotatable bonds is 6. The molecule has 0 fully saturated rings. The Bertz CT molecular complexity index is 1210. The predicted octanol–water partition coefficient (Wildman–Crippen LogP) is 4.20. The van der Waals surface area contributed by atoms with Gasteiger partial charge in [0.05, 0.1) is 12.3 Å². The van der Waals surface area contributed by atoms with Crippen LogP contribution in [0, 0.1) is 0 Å². The maximum Gasteiger partial charge on any atom is 0.271 e. The molecule has 29 heavy (non-hydrogen) atoms. The lowest BCUT2D eigenvalue weighted by atomic mass is 10.2. The van der Waals surface area contributed by atoms with Crippen LogP contribution in [0.15, 0.2) is 71.1 Å². The molecule has 1 N–H and O–H groups in total. The molecule has 7 nitrogen and oxygen atoms in total. The first kappa shape index (κ1) is 18.7. The van der Waals surface area contributed by atoms with Crippen molar-refractivity contribution in [1.29, 1.82) is 0 Å². The van der Waals surface area contributed by atoms with Gasteiger partial charge in [-0.15, -0.1) is 11.3 Å². The van der Waals surface area contributed by atoms with E-state index in [1.54, 1.807) is 48.0 Å². The van der Waals surface area contributed by atoms with Crippen molar-refractivity contribution < 1.29 is 14.3 Å². The molecule has 146 valence electrons. The summed E-state index contributed by atoms with van der Waals surface area (Å²) in [6.45, 7) is 2.50. The molecular formula is C21H17N3O4S. The highest BCUT2D eigenvalue weighted by Crippen LogP contribution is 2.30. The van der Waals surface area contributed by atoms with Gasteiger partial charge in [-0.25, -0.2) is 4.98 Å². The lowest BCUT2D eigenvalue weighted by Gasteiger charge is -2.12. The van der Waals surface area contributed by atoms with Crippen LogP contribution < -0.4 is 20.3 Å². The van der Waals surface area contributed by atoms with Crippen LogP contribution >= 0.6 is 11.3 Å². The number of para-hydroxylation sites is 2. The molecule has 0 bridgehead atoms. The molecule has 0 unspecified atom stereocenters. The number of anilines is 1. The standard InChI is InChI=1S/C21H17N3O4S/c1-2-27-14-7-9-15(10-8-14)28-18-6-4-3-5-17(18)23-19(25)16-13-22-21-24(20(16)26)11-12-29-21/h3-13H,2H2,1H3,(H,23,25). The van der Waals surface area contributed by atoms with E-state index >= 15 is 0 Å². The molecular weight excluding hydrogens is 390 g/mol. The van der Waals surface area contributed by atoms with Crippen LogP contribution in [-0.4, -0.2) is 21.9 Å². The first-order chi connectivity index (χ1) is 14.2. The zero-order chi connectivity index (χ0) is 20.2. The summed E-state index contributed by atoms with van der Waals surface area (Å²) in [5, 5.41) is 4.48. The third-order valence-electron chi connectivity index (χ3n) is 4.09. The molecule has 0 spiro atoms. The van der Waals surface area contributed by atoms with Crippen molar-refractivity contribution in [3.8, 4) is 17.2 Å². The molecule has 2 heterocycles. The maximum absolute atomic E-state index is 12.7. The van der Waals surface area contributed by atoms with Crippen molar-refractivity contribution in [1.82, 2.24) is 9.38 Å². The number of carbonyl (C=O) groups excluding carboxylic acids is 1. The van der Waals surface area contributed by atoms with Crippen molar-refractivity contribution >= 4 is 27.9 Å². The number of ether oxygens (including phenoxy) is 2. The van der Waals surface area contributed by atoms with Gasteiger partial charge >= 0.3 is 0 Å². The van der Waals surface area contributed by atoms with E-state index in [-0.39, 0.29) is 5.56 Å². The van der Waals surface area contributed by atoms with E-state index in [9.17, 15) is 9.59 Å². The van der Waals surface area contributed by atoms with Gasteiger partial charge in [0, 0.05) is 17.8 Å². The second-order valence-corrected chi connectivity index (χ2v) is 6.86. The molecule has 0 saturated heterocycles. The van der Waals surface area contributed by atoms with Gasteiger partial charge in [0.25, 0.3) is 11.5 Å². The highest BCUT2D eigenvalue weighted by Gasteiger charge is 2.16. The summed E-state index contributed by atoms with van der Waals surface area (Å²) in [6.07, 6.45) is 2.88. The van der Waals surface area contributed by atoms with E-state index < -0.39 is 11.5 Å². The Kier molecular flexibility index (Phi) is 5.26. The van der Waals surface area contributed by atoms with Crippen LogP contribution in [0.25, 0.3) is 4.96 Å². The first-order valence-corrected chi connectivity index (χ1v) is 9.79. The van der Waals surface area contributed by atoms with E-state index in [4.69, 9.17) is 9.47 Å². The van der Waals surface area contributed by atoms with E-state index in [1.807, 2.05) is 19.1 Å². The predicted molar refractivity (Wildman–Crippen MR) is 111 cm³/mol. The van der Waals surface area contributed by atoms with Gasteiger partial charge in [-0.2, -0.15) is 0 Å². The highest BCUT2D eigenvalue weighted by molar-refractivity contribution is 7.15. The largest absolute Gasteiger partial charge is 0.494 e. The summed E-state index contributed by atoms with van der Waals surface area (Å²) in [7, 11) is 0. The van der Waals surface area contributed by atoms with Gasteiger partial charge in [0.1, 0.15) is 17.1 Å². The van der Waals surface area contributed by atoms with Gasteiger partial charge in [-0.1, -0.05) is 12.1 Å². The number of nitrogens with one attached hydrogen (secondary N) is 1. The molecule has 1 amide bonds. The van der Waals surface area contributed by atoms with E-state index in [1.165, 1.54) is 21.9 Å². The molecule has 0 aliphatic carbocycles. The van der Waals surface area contributed by atoms with Crippen LogP contribution in [0.3, 0.4) is 0 Å². The average molecular weight is 407 g/mol. The molecule has 4 rings (SSSR count). The van der Waals surface area contributed by atoms with Gasteiger partial charge in [0.2, 0.25) is 0 Å². The van der Waals surface area contributed by atoms with Crippen LogP contribution in [-0.2, 0) is 0 Å². The number of hydrogen-bond donors (Lipinski definition) is 1. The van der Waals surface area contributed by atoms with Crippen molar-refractivity contribution in [2.24, 2.45) is 0 Å². The molecule has 4 aromatic rings. The maximum atomic E-state index is 12.7. The van der Waals surface area contributed by atoms with Crippen LogP contribution in [0.4, 0.5) is 5.69 Å². The molecule has 0 atom stereocenters. The summed E-state index contributed by atoms with van der Waals surface area (Å²) in [5.74, 6) is 1.25. The third-order valence-corrected chi connectivity index (χ3v) is 4.86. The number of aromatic nitrogens is 2. The fourth-order valence-electron chi connectivity index (χ4n) is 2.73. The molecule has 8 heteroatoms. The Balaban J connectivity index is 1.57. The monoisotopic (exact) mass is 407 g/mol. The number of hydrogen-bond acceptors (Lipinski definition) is 6. The molecule has 0 radical (unpaired) electrons. The van der Waals surface area contributed by atoms with E-state index in [2.05, 4.69) is 10.3 Å². The average Bonchev–Trinajstić information content (AvgIpc) is 3.21. The zero-order valence-electron chi connectivity index (χ0n) is 15.5. The smallest absolute Gasteiger partial charge is 0.271 e. The summed E-state index contributed by atoms with van der Waals surface area (Å²) in [4.78, 5) is 29.9. The van der Waals surface area contributed by atoms with Crippen molar-refractivity contribution in [2.45, 2.75) is 6.92 Å². The minimum absolute atomic E-state index is 0.0447. The lowest BCUT2D eigenvalue weighted by Crippen LogP contribution is -2.25. The van der Waals surface area contributed by atoms with Gasteiger partial charge in [-0.3, -0.25) is 14.0 Å². The van der Waals surface area contributed by atoms with Crippen LogP contribution in [0.1, 0.15) is 17.3 Å². The Hall–Kier alpha value is -3.65. The number of fused-ring (bicyclic) bond motifs is 1. The number of thiazole rings is 1. The Morgan fingerprint density at radius 3 is 2.69 bits per heavy atom. The van der Waals surface area contributed by atoms with Gasteiger partial charge in [0.15, 0.2) is 10.7 Å². The summed E-state index contributed by atoms with van der Waals surface area (Å²) >= 11 is 1.32. The Morgan fingerprint density at radius 2 is 1.90 bits per heavy atom. The SMILES string of the molecule is CCOc1ccc(Oc2ccccc2NC(=O)c2cnc3sccn3c2=O)cc1. The summed E-state index contributed by atoms with van der Waals surface area (Å²) in [5.41, 5.74) is -0.0170. The first-order valence-electron chi connectivity index (χ1n) is 8.91. The molecule has 2 aromatic carbocycles. The normalized spacial score (nSPS) is 10.7.